The van der Waals surface area contributed by atoms with Gasteiger partial charge in [-0.2, -0.15) is 13.2 Å². The van der Waals surface area contributed by atoms with Crippen LogP contribution in [0.15, 0.2) is 42.5 Å². The summed E-state index contributed by atoms with van der Waals surface area (Å²) in [7, 11) is 0. The molecule has 2 aliphatic carbocycles. The van der Waals surface area contributed by atoms with Crippen molar-refractivity contribution < 1.29 is 27.4 Å². The predicted octanol–water partition coefficient (Wildman–Crippen LogP) is 7.69. The zero-order valence-corrected chi connectivity index (χ0v) is 20.8. The van der Waals surface area contributed by atoms with Gasteiger partial charge in [0.05, 0.1) is 23.4 Å². The molecule has 194 valence electrons. The maximum atomic E-state index is 13.1. The molecular weight excluding hydrogens is 481 g/mol. The van der Waals surface area contributed by atoms with Gasteiger partial charge < -0.3 is 14.0 Å². The quantitative estimate of drug-likeness (QED) is 0.332. The van der Waals surface area contributed by atoms with Gasteiger partial charge in [-0.05, 0) is 81.7 Å². The van der Waals surface area contributed by atoms with Crippen LogP contribution in [0.25, 0.3) is 22.2 Å². The first kappa shape index (κ1) is 25.1. The van der Waals surface area contributed by atoms with Gasteiger partial charge in [-0.15, -0.1) is 0 Å². The maximum absolute atomic E-state index is 13.1. The summed E-state index contributed by atoms with van der Waals surface area (Å²) in [5.74, 6) is 4.99. The van der Waals surface area contributed by atoms with E-state index in [1.54, 1.807) is 36.4 Å². The summed E-state index contributed by atoms with van der Waals surface area (Å²) in [5.41, 5.74) is 3.04. The summed E-state index contributed by atoms with van der Waals surface area (Å²) in [6.07, 6.45) is -0.182. The molecule has 2 fully saturated rings. The molecule has 1 N–H and O–H groups in total. The number of benzene rings is 2. The van der Waals surface area contributed by atoms with Crippen molar-refractivity contribution >= 4 is 22.7 Å². The van der Waals surface area contributed by atoms with Crippen LogP contribution >= 0.6 is 0 Å². The van der Waals surface area contributed by atoms with Crippen LogP contribution < -0.4 is 10.1 Å². The van der Waals surface area contributed by atoms with Crippen molar-refractivity contribution in [3.8, 4) is 28.8 Å². The Morgan fingerprint density at radius 1 is 1.14 bits per heavy atom. The van der Waals surface area contributed by atoms with Crippen LogP contribution in [0.1, 0.15) is 57.6 Å². The molecule has 1 atom stereocenters. The number of carbonyl (C=O) groups is 1. The molecule has 0 bridgehead atoms. The summed E-state index contributed by atoms with van der Waals surface area (Å²) < 4.78 is 52.7. The van der Waals surface area contributed by atoms with Crippen molar-refractivity contribution in [2.24, 2.45) is 5.92 Å². The van der Waals surface area contributed by atoms with E-state index in [1.807, 2.05) is 19.9 Å². The van der Waals surface area contributed by atoms with Crippen LogP contribution in [0.3, 0.4) is 0 Å². The largest absolute Gasteiger partial charge is 0.494 e. The van der Waals surface area contributed by atoms with E-state index in [1.165, 1.54) is 5.92 Å². The number of alkyl halides is 3. The highest BCUT2D eigenvalue weighted by Gasteiger charge is 2.31. The Labute approximate surface area is 213 Å². The average molecular weight is 511 g/mol. The molecule has 5 nitrogen and oxygen atoms in total. The Morgan fingerprint density at radius 3 is 2.46 bits per heavy atom. The molecule has 1 heterocycles. The number of halogens is 3. The minimum absolute atomic E-state index is 0.131. The highest BCUT2D eigenvalue weighted by atomic mass is 19.4. The monoisotopic (exact) mass is 510 g/mol. The smallest absolute Gasteiger partial charge is 0.458 e. The van der Waals surface area contributed by atoms with Crippen LogP contribution in [0.2, 0.25) is 0 Å². The molecule has 2 saturated carbocycles. The number of hydrogen-bond acceptors (Lipinski definition) is 3. The van der Waals surface area contributed by atoms with Crippen molar-refractivity contribution in [3.63, 3.8) is 0 Å². The van der Waals surface area contributed by atoms with E-state index in [2.05, 4.69) is 15.8 Å². The van der Waals surface area contributed by atoms with Crippen molar-refractivity contribution in [2.75, 3.05) is 11.9 Å². The summed E-state index contributed by atoms with van der Waals surface area (Å²) in [6, 6.07) is 12.6. The van der Waals surface area contributed by atoms with Crippen LogP contribution in [0, 0.1) is 17.8 Å². The van der Waals surface area contributed by atoms with Gasteiger partial charge in [0, 0.05) is 29.1 Å². The fourth-order valence-corrected chi connectivity index (χ4v) is 4.80. The Balaban J connectivity index is 1.55. The van der Waals surface area contributed by atoms with Crippen LogP contribution in [0.5, 0.6) is 5.75 Å². The Morgan fingerprint density at radius 2 is 1.86 bits per heavy atom. The molecule has 3 aromatic rings. The zero-order chi connectivity index (χ0) is 26.2. The standard InChI is InChI=1S/C29H29F3N2O3/c1-3-36-23-13-14-24-25(15-16-29(30,31)32)27(34(26(24)17-23)22-5-4-6-22)20-9-11-21(12-10-20)33-28(35)37-18(2)19-7-8-19/h9-14,17-19,22H,3-8H2,1-2H3,(H,33,35). The first-order valence-corrected chi connectivity index (χ1v) is 12.7. The highest BCUT2D eigenvalue weighted by Crippen LogP contribution is 2.43. The number of carbonyl (C=O) groups excluding carboxylic acids is 1. The van der Waals surface area contributed by atoms with Crippen molar-refractivity contribution in [2.45, 2.75) is 64.3 Å². The van der Waals surface area contributed by atoms with Gasteiger partial charge in [0.2, 0.25) is 0 Å². The van der Waals surface area contributed by atoms with Gasteiger partial charge in [0.1, 0.15) is 11.9 Å². The molecule has 0 spiro atoms. The average Bonchev–Trinajstić information content (AvgIpc) is 3.61. The van der Waals surface area contributed by atoms with Gasteiger partial charge in [-0.3, -0.25) is 5.32 Å². The first-order chi connectivity index (χ1) is 17.7. The van der Waals surface area contributed by atoms with Gasteiger partial charge in [-0.1, -0.05) is 18.1 Å². The topological polar surface area (TPSA) is 52.5 Å². The molecule has 1 amide bonds. The lowest BCUT2D eigenvalue weighted by Crippen LogP contribution is -2.21. The first-order valence-electron chi connectivity index (χ1n) is 12.7. The summed E-state index contributed by atoms with van der Waals surface area (Å²) >= 11 is 0. The summed E-state index contributed by atoms with van der Waals surface area (Å²) in [5, 5.41) is 3.39. The SMILES string of the molecule is CCOc1ccc2c(C#CC(F)(F)F)c(-c3ccc(NC(=O)OC(C)C4CC4)cc3)n(C3CCC3)c2c1. The summed E-state index contributed by atoms with van der Waals surface area (Å²) in [4.78, 5) is 12.3. The van der Waals surface area contributed by atoms with Crippen LogP contribution in [-0.4, -0.2) is 29.5 Å². The molecule has 1 aromatic heterocycles. The minimum Gasteiger partial charge on any atom is -0.494 e. The molecular formula is C29H29F3N2O3. The van der Waals surface area contributed by atoms with Gasteiger partial charge in [0.25, 0.3) is 0 Å². The number of anilines is 1. The molecule has 2 aliphatic rings. The molecule has 8 heteroatoms. The third-order valence-corrected chi connectivity index (χ3v) is 7.04. The lowest BCUT2D eigenvalue weighted by molar-refractivity contribution is -0.0696. The Kier molecular flexibility index (Phi) is 6.80. The van der Waals surface area contributed by atoms with Crippen LogP contribution in [-0.2, 0) is 4.74 Å². The van der Waals surface area contributed by atoms with E-state index in [0.717, 1.165) is 43.2 Å². The second-order valence-corrected chi connectivity index (χ2v) is 9.69. The second kappa shape index (κ2) is 10.0. The molecule has 0 radical (unpaired) electrons. The second-order valence-electron chi connectivity index (χ2n) is 9.69. The van der Waals surface area contributed by atoms with Crippen molar-refractivity contribution in [1.82, 2.24) is 4.57 Å². The van der Waals surface area contributed by atoms with Gasteiger partial charge >= 0.3 is 12.3 Å². The number of rotatable bonds is 7. The van der Waals surface area contributed by atoms with Crippen LogP contribution in [0.4, 0.5) is 23.7 Å². The van der Waals surface area contributed by atoms with E-state index in [9.17, 15) is 18.0 Å². The zero-order valence-electron chi connectivity index (χ0n) is 20.8. The minimum atomic E-state index is -4.61. The van der Waals surface area contributed by atoms with Gasteiger partial charge in [0.15, 0.2) is 0 Å². The molecule has 1 unspecified atom stereocenters. The van der Waals surface area contributed by atoms with E-state index in [0.29, 0.717) is 40.6 Å². The highest BCUT2D eigenvalue weighted by molar-refractivity contribution is 5.96. The summed E-state index contributed by atoms with van der Waals surface area (Å²) in [6.45, 7) is 4.26. The van der Waals surface area contributed by atoms with Crippen molar-refractivity contribution in [1.29, 1.82) is 0 Å². The molecule has 5 rings (SSSR count). The molecule has 0 aliphatic heterocycles. The van der Waals surface area contributed by atoms with Gasteiger partial charge in [-0.25, -0.2) is 4.79 Å². The third kappa shape index (κ3) is 5.56. The molecule has 37 heavy (non-hydrogen) atoms. The number of ether oxygens (including phenoxy) is 2. The third-order valence-electron chi connectivity index (χ3n) is 7.04. The number of nitrogens with zero attached hydrogens (tertiary/aromatic N) is 1. The predicted molar refractivity (Wildman–Crippen MR) is 137 cm³/mol. The molecule has 0 saturated heterocycles. The van der Waals surface area contributed by atoms with E-state index in [4.69, 9.17) is 9.47 Å². The number of nitrogens with one attached hydrogen (secondary N) is 1. The lowest BCUT2D eigenvalue weighted by atomic mass is 9.92. The van der Waals surface area contributed by atoms with E-state index < -0.39 is 12.3 Å². The Hall–Kier alpha value is -3.60. The fourth-order valence-electron chi connectivity index (χ4n) is 4.80. The number of amides is 1. The number of aromatic nitrogens is 1. The number of hydrogen-bond donors (Lipinski definition) is 1. The van der Waals surface area contributed by atoms with Crippen molar-refractivity contribution in [3.05, 3.63) is 48.0 Å². The normalized spacial score (nSPS) is 16.5. The van der Waals surface area contributed by atoms with E-state index >= 15 is 0 Å². The Bertz CT molecular complexity index is 1360. The molecule has 2 aromatic carbocycles. The lowest BCUT2D eigenvalue weighted by Gasteiger charge is -2.30. The maximum Gasteiger partial charge on any atom is 0.458 e. The van der Waals surface area contributed by atoms with E-state index in [-0.39, 0.29) is 12.1 Å². The fraction of sp³-hybridized carbons (Fsp3) is 0.414. The number of fused-ring (bicyclic) bond motifs is 1.